The minimum atomic E-state index is -3.59. The second kappa shape index (κ2) is 9.79. The number of para-hydroxylation sites is 2. The number of likely N-dealkylation sites (tertiary alicyclic amines) is 1. The van der Waals surface area contributed by atoms with Crippen LogP contribution in [0.4, 0.5) is 5.95 Å². The minimum absolute atomic E-state index is 0.0763. The molecule has 184 valence electrons. The van der Waals surface area contributed by atoms with Gasteiger partial charge in [0, 0.05) is 45.6 Å². The Bertz CT molecular complexity index is 1310. The van der Waals surface area contributed by atoms with Crippen LogP contribution in [0.1, 0.15) is 24.8 Å². The first-order valence-corrected chi connectivity index (χ1v) is 13.6. The van der Waals surface area contributed by atoms with Gasteiger partial charge in [0.25, 0.3) is 0 Å². The van der Waals surface area contributed by atoms with E-state index in [2.05, 4.69) is 27.7 Å². The zero-order valence-corrected chi connectivity index (χ0v) is 20.4. The lowest BCUT2D eigenvalue weighted by Crippen LogP contribution is -2.51. The van der Waals surface area contributed by atoms with E-state index in [-0.39, 0.29) is 24.1 Å². The summed E-state index contributed by atoms with van der Waals surface area (Å²) in [4.78, 5) is 32.1. The number of benzene rings is 2. The number of nitrogens with zero attached hydrogens (tertiary/aromatic N) is 5. The van der Waals surface area contributed by atoms with Crippen molar-refractivity contribution in [2.24, 2.45) is 0 Å². The van der Waals surface area contributed by atoms with E-state index in [4.69, 9.17) is 4.98 Å². The lowest BCUT2D eigenvalue weighted by molar-refractivity contribution is -0.147. The highest BCUT2D eigenvalue weighted by Crippen LogP contribution is 2.25. The van der Waals surface area contributed by atoms with Crippen molar-refractivity contribution in [1.29, 1.82) is 0 Å². The number of imidazole rings is 1. The first kappa shape index (κ1) is 23.5. The van der Waals surface area contributed by atoms with Gasteiger partial charge in [0.15, 0.2) is 0 Å². The average Bonchev–Trinajstić information content (AvgIpc) is 3.23. The molecular formula is C25H29N5O4S. The fourth-order valence-corrected chi connectivity index (χ4v) is 6.17. The van der Waals surface area contributed by atoms with E-state index in [1.165, 1.54) is 9.87 Å². The molecule has 0 N–H and O–H groups in total. The molecule has 0 radical (unpaired) electrons. The SMILES string of the molecule is O=C1CCCC(=O)N1CCS(=O)(=O)N1CCN(c2nc3ccccc3n2Cc2ccccc2)CC1. The number of hydrogen-bond donors (Lipinski definition) is 0. The van der Waals surface area contributed by atoms with Crippen LogP contribution in [0.15, 0.2) is 54.6 Å². The van der Waals surface area contributed by atoms with Crippen molar-refractivity contribution in [3.63, 3.8) is 0 Å². The maximum absolute atomic E-state index is 13.0. The van der Waals surface area contributed by atoms with Gasteiger partial charge in [-0.1, -0.05) is 42.5 Å². The van der Waals surface area contributed by atoms with E-state index in [0.29, 0.717) is 52.0 Å². The van der Waals surface area contributed by atoms with Crippen molar-refractivity contribution in [1.82, 2.24) is 18.8 Å². The molecule has 0 aliphatic carbocycles. The minimum Gasteiger partial charge on any atom is -0.340 e. The molecule has 35 heavy (non-hydrogen) atoms. The van der Waals surface area contributed by atoms with Crippen molar-refractivity contribution >= 4 is 38.8 Å². The fraction of sp³-hybridized carbons (Fsp3) is 0.400. The Morgan fingerprint density at radius 1 is 0.829 bits per heavy atom. The molecule has 3 heterocycles. The maximum atomic E-state index is 13.0. The monoisotopic (exact) mass is 495 g/mol. The number of carbonyl (C=O) groups is 2. The molecule has 2 aliphatic heterocycles. The number of carbonyl (C=O) groups excluding carboxylic acids is 2. The molecule has 0 atom stereocenters. The summed E-state index contributed by atoms with van der Waals surface area (Å²) in [7, 11) is -3.59. The molecule has 2 amide bonds. The van der Waals surface area contributed by atoms with E-state index in [1.54, 1.807) is 0 Å². The highest BCUT2D eigenvalue weighted by atomic mass is 32.2. The second-order valence-electron chi connectivity index (χ2n) is 8.97. The molecule has 2 saturated heterocycles. The number of rotatable bonds is 7. The van der Waals surface area contributed by atoms with Crippen LogP contribution in [0.2, 0.25) is 0 Å². The molecule has 1 aromatic heterocycles. The largest absolute Gasteiger partial charge is 0.340 e. The Morgan fingerprint density at radius 3 is 2.20 bits per heavy atom. The summed E-state index contributed by atoms with van der Waals surface area (Å²) in [6.45, 7) is 2.29. The van der Waals surface area contributed by atoms with E-state index in [1.807, 2.05) is 36.4 Å². The maximum Gasteiger partial charge on any atom is 0.229 e. The zero-order valence-electron chi connectivity index (χ0n) is 19.5. The van der Waals surface area contributed by atoms with Crippen LogP contribution in [0.3, 0.4) is 0 Å². The fourth-order valence-electron chi connectivity index (χ4n) is 4.78. The van der Waals surface area contributed by atoms with Crippen molar-refractivity contribution in [3.05, 3.63) is 60.2 Å². The zero-order chi connectivity index (χ0) is 24.4. The van der Waals surface area contributed by atoms with Gasteiger partial charge in [-0.25, -0.2) is 13.4 Å². The van der Waals surface area contributed by atoms with Crippen LogP contribution in [0, 0.1) is 0 Å². The summed E-state index contributed by atoms with van der Waals surface area (Å²) in [5.74, 6) is 0.0329. The van der Waals surface area contributed by atoms with Gasteiger partial charge < -0.3 is 9.47 Å². The van der Waals surface area contributed by atoms with E-state index in [0.717, 1.165) is 21.9 Å². The van der Waals surface area contributed by atoms with Crippen LogP contribution >= 0.6 is 0 Å². The average molecular weight is 496 g/mol. The van der Waals surface area contributed by atoms with Crippen molar-refractivity contribution in [2.75, 3.05) is 43.4 Å². The molecule has 0 saturated carbocycles. The van der Waals surface area contributed by atoms with E-state index in [9.17, 15) is 18.0 Å². The molecule has 0 spiro atoms. The molecule has 5 rings (SSSR count). The Labute approximate surface area is 205 Å². The lowest BCUT2D eigenvalue weighted by atomic mass is 10.1. The van der Waals surface area contributed by atoms with Crippen molar-refractivity contribution in [2.45, 2.75) is 25.8 Å². The standard InChI is InChI=1S/C25H29N5O4S/c31-23-11-6-12-24(32)29(23)17-18-35(33,34)28-15-13-27(14-16-28)25-26-21-9-4-5-10-22(21)30(25)19-20-7-2-1-3-8-20/h1-5,7-10H,6,11-19H2. The van der Waals surface area contributed by atoms with Gasteiger partial charge in [0.2, 0.25) is 27.8 Å². The highest BCUT2D eigenvalue weighted by Gasteiger charge is 2.32. The Hall–Kier alpha value is -3.24. The second-order valence-corrected chi connectivity index (χ2v) is 11.1. The smallest absolute Gasteiger partial charge is 0.229 e. The number of aromatic nitrogens is 2. The number of imide groups is 1. The predicted molar refractivity (Wildman–Crippen MR) is 133 cm³/mol. The third kappa shape index (κ3) is 4.94. The van der Waals surface area contributed by atoms with Gasteiger partial charge in [-0.05, 0) is 24.1 Å². The van der Waals surface area contributed by atoms with Gasteiger partial charge in [0.05, 0.1) is 23.3 Å². The number of fused-ring (bicyclic) bond motifs is 1. The first-order chi connectivity index (χ1) is 16.9. The number of hydrogen-bond acceptors (Lipinski definition) is 6. The van der Waals surface area contributed by atoms with Crippen LogP contribution in [0.25, 0.3) is 11.0 Å². The molecule has 2 aliphatic rings. The predicted octanol–water partition coefficient (Wildman–Crippen LogP) is 2.08. The van der Waals surface area contributed by atoms with Crippen LogP contribution in [0.5, 0.6) is 0 Å². The van der Waals surface area contributed by atoms with Crippen LogP contribution < -0.4 is 4.90 Å². The summed E-state index contributed by atoms with van der Waals surface area (Å²) >= 11 is 0. The number of sulfonamides is 1. The summed E-state index contributed by atoms with van der Waals surface area (Å²) in [5.41, 5.74) is 3.11. The number of piperazine rings is 1. The molecule has 2 aromatic carbocycles. The highest BCUT2D eigenvalue weighted by molar-refractivity contribution is 7.89. The third-order valence-corrected chi connectivity index (χ3v) is 8.54. The summed E-state index contributed by atoms with van der Waals surface area (Å²) in [6, 6.07) is 18.2. The molecule has 0 unspecified atom stereocenters. The van der Waals surface area contributed by atoms with E-state index < -0.39 is 10.0 Å². The quantitative estimate of drug-likeness (QED) is 0.466. The lowest BCUT2D eigenvalue weighted by Gasteiger charge is -2.35. The van der Waals surface area contributed by atoms with Gasteiger partial charge in [0.1, 0.15) is 0 Å². The van der Waals surface area contributed by atoms with Crippen LogP contribution in [-0.2, 0) is 26.2 Å². The topological polar surface area (TPSA) is 95.8 Å². The van der Waals surface area contributed by atoms with Gasteiger partial charge >= 0.3 is 0 Å². The molecule has 3 aromatic rings. The Morgan fingerprint density at radius 2 is 1.49 bits per heavy atom. The van der Waals surface area contributed by atoms with Gasteiger partial charge in [-0.3, -0.25) is 14.5 Å². The molecule has 10 heteroatoms. The first-order valence-electron chi connectivity index (χ1n) is 12.0. The summed E-state index contributed by atoms with van der Waals surface area (Å²) < 4.78 is 29.6. The summed E-state index contributed by atoms with van der Waals surface area (Å²) in [6.07, 6.45) is 1.14. The third-order valence-electron chi connectivity index (χ3n) is 6.69. The van der Waals surface area contributed by atoms with Crippen LogP contribution in [-0.4, -0.2) is 77.5 Å². The Kier molecular flexibility index (Phi) is 6.57. The van der Waals surface area contributed by atoms with E-state index >= 15 is 0 Å². The van der Waals surface area contributed by atoms with Gasteiger partial charge in [-0.2, -0.15) is 4.31 Å². The summed E-state index contributed by atoms with van der Waals surface area (Å²) in [5, 5.41) is 0. The number of piperidine rings is 1. The number of amides is 2. The molecular weight excluding hydrogens is 466 g/mol. The molecule has 0 bridgehead atoms. The van der Waals surface area contributed by atoms with Crippen molar-refractivity contribution in [3.8, 4) is 0 Å². The van der Waals surface area contributed by atoms with Crippen molar-refractivity contribution < 1.29 is 18.0 Å². The number of anilines is 1. The Balaban J connectivity index is 1.28. The molecule has 2 fully saturated rings. The normalized spacial score (nSPS) is 17.9. The molecule has 9 nitrogen and oxygen atoms in total. The van der Waals surface area contributed by atoms with Gasteiger partial charge in [-0.15, -0.1) is 0 Å².